The van der Waals surface area contributed by atoms with Crippen molar-refractivity contribution in [2.75, 3.05) is 31.2 Å². The molecule has 0 spiro atoms. The number of nitrogens with zero attached hydrogens (tertiary/aromatic N) is 2. The van der Waals surface area contributed by atoms with Gasteiger partial charge in [-0.2, -0.15) is 0 Å². The van der Waals surface area contributed by atoms with Gasteiger partial charge in [0.1, 0.15) is 0 Å². The van der Waals surface area contributed by atoms with Crippen LogP contribution in [-0.2, 0) is 9.47 Å². The average molecular weight is 340 g/mol. The summed E-state index contributed by atoms with van der Waals surface area (Å²) in [6, 6.07) is 8.60. The first kappa shape index (κ1) is 16.8. The van der Waals surface area contributed by atoms with Gasteiger partial charge in [0, 0.05) is 37.0 Å². The van der Waals surface area contributed by atoms with Crippen molar-refractivity contribution in [3.8, 4) is 0 Å². The lowest BCUT2D eigenvalue weighted by molar-refractivity contribution is -0.0672. The van der Waals surface area contributed by atoms with Crippen LogP contribution in [0.2, 0.25) is 0 Å². The maximum Gasteiger partial charge on any atom is 0.0808 e. The number of rotatable bonds is 4. The molecule has 2 aliphatic heterocycles. The summed E-state index contributed by atoms with van der Waals surface area (Å²) in [5.41, 5.74) is 3.67. The third-order valence-corrected chi connectivity index (χ3v) is 5.52. The molecule has 1 aromatic heterocycles. The van der Waals surface area contributed by atoms with Gasteiger partial charge in [0.15, 0.2) is 0 Å². The molecule has 2 fully saturated rings. The Bertz CT molecular complexity index is 704. The summed E-state index contributed by atoms with van der Waals surface area (Å²) in [5, 5.41) is 1.26. The summed E-state index contributed by atoms with van der Waals surface area (Å²) in [6.45, 7) is 5.89. The normalized spacial score (nSPS) is 22.4. The fraction of sp³-hybridized carbons (Fsp3) is 0.571. The maximum absolute atomic E-state index is 6.15. The molecule has 2 aromatic rings. The number of aryl methyl sites for hydroxylation is 1. The molecule has 4 nitrogen and oxygen atoms in total. The maximum atomic E-state index is 6.15. The van der Waals surface area contributed by atoms with Gasteiger partial charge in [-0.25, -0.2) is 0 Å². The smallest absolute Gasteiger partial charge is 0.0808 e. The highest BCUT2D eigenvalue weighted by molar-refractivity contribution is 5.93. The molecular formula is C21H28N2O2. The van der Waals surface area contributed by atoms with Gasteiger partial charge in [-0.05, 0) is 50.7 Å². The Kier molecular flexibility index (Phi) is 5.18. The van der Waals surface area contributed by atoms with Crippen LogP contribution in [0.3, 0.4) is 0 Å². The number of hydrogen-bond acceptors (Lipinski definition) is 4. The molecule has 0 N–H and O–H groups in total. The number of ether oxygens (including phenoxy) is 2. The lowest BCUT2D eigenvalue weighted by Crippen LogP contribution is -2.38. The van der Waals surface area contributed by atoms with Crippen LogP contribution in [0.15, 0.2) is 30.5 Å². The van der Waals surface area contributed by atoms with E-state index in [0.29, 0.717) is 12.2 Å². The van der Waals surface area contributed by atoms with Crippen molar-refractivity contribution < 1.29 is 9.47 Å². The first-order chi connectivity index (χ1) is 12.3. The standard InChI is InChI=1S/C21H28N2O2/c1-16-5-4-7-19-20(8-11-22-21(16)19)23-12-9-17(10-13-23)25-15-18-6-2-3-14-24-18/h4-5,7-8,11,17-18H,2-3,6,9-10,12-15H2,1H3. The second-order valence-corrected chi connectivity index (χ2v) is 7.31. The number of fused-ring (bicyclic) bond motifs is 1. The Hall–Kier alpha value is -1.65. The Balaban J connectivity index is 1.36. The zero-order chi connectivity index (χ0) is 17.1. The molecular weight excluding hydrogens is 312 g/mol. The van der Waals surface area contributed by atoms with Crippen molar-refractivity contribution in [3.63, 3.8) is 0 Å². The second-order valence-electron chi connectivity index (χ2n) is 7.31. The Morgan fingerprint density at radius 2 is 2.04 bits per heavy atom. The second kappa shape index (κ2) is 7.71. The molecule has 0 saturated carbocycles. The van der Waals surface area contributed by atoms with E-state index in [1.807, 2.05) is 6.20 Å². The van der Waals surface area contributed by atoms with Gasteiger partial charge < -0.3 is 14.4 Å². The number of para-hydroxylation sites is 1. The van der Waals surface area contributed by atoms with Crippen LogP contribution in [0.5, 0.6) is 0 Å². The third kappa shape index (κ3) is 3.80. The predicted molar refractivity (Wildman–Crippen MR) is 101 cm³/mol. The summed E-state index contributed by atoms with van der Waals surface area (Å²) in [6.07, 6.45) is 8.44. The molecule has 25 heavy (non-hydrogen) atoms. The van der Waals surface area contributed by atoms with Crippen LogP contribution in [0.25, 0.3) is 10.9 Å². The first-order valence-corrected chi connectivity index (χ1v) is 9.64. The van der Waals surface area contributed by atoms with Crippen molar-refractivity contribution in [2.24, 2.45) is 0 Å². The molecule has 134 valence electrons. The van der Waals surface area contributed by atoms with Crippen molar-refractivity contribution >= 4 is 16.6 Å². The zero-order valence-electron chi connectivity index (χ0n) is 15.1. The van der Waals surface area contributed by atoms with Crippen LogP contribution >= 0.6 is 0 Å². The first-order valence-electron chi connectivity index (χ1n) is 9.64. The monoisotopic (exact) mass is 340 g/mol. The summed E-state index contributed by atoms with van der Waals surface area (Å²) >= 11 is 0. The average Bonchev–Trinajstić information content (AvgIpc) is 2.68. The van der Waals surface area contributed by atoms with E-state index in [-0.39, 0.29) is 0 Å². The molecule has 0 bridgehead atoms. The summed E-state index contributed by atoms with van der Waals surface area (Å²) in [4.78, 5) is 7.05. The van der Waals surface area contributed by atoms with E-state index >= 15 is 0 Å². The highest BCUT2D eigenvalue weighted by atomic mass is 16.5. The van der Waals surface area contributed by atoms with Gasteiger partial charge in [0.05, 0.1) is 24.3 Å². The Labute approximate surface area is 150 Å². The highest BCUT2D eigenvalue weighted by Gasteiger charge is 2.23. The zero-order valence-corrected chi connectivity index (χ0v) is 15.1. The van der Waals surface area contributed by atoms with Gasteiger partial charge in [0.2, 0.25) is 0 Å². The number of pyridine rings is 1. The summed E-state index contributed by atoms with van der Waals surface area (Å²) in [5.74, 6) is 0. The molecule has 4 heteroatoms. The third-order valence-electron chi connectivity index (χ3n) is 5.52. The van der Waals surface area contributed by atoms with Crippen LogP contribution in [0.4, 0.5) is 5.69 Å². The summed E-state index contributed by atoms with van der Waals surface area (Å²) in [7, 11) is 0. The molecule has 1 atom stereocenters. The van der Waals surface area contributed by atoms with Crippen LogP contribution in [-0.4, -0.2) is 43.5 Å². The molecule has 1 unspecified atom stereocenters. The van der Waals surface area contributed by atoms with Gasteiger partial charge in [-0.3, -0.25) is 4.98 Å². The van der Waals surface area contributed by atoms with Crippen LogP contribution in [0.1, 0.15) is 37.7 Å². The quantitative estimate of drug-likeness (QED) is 0.839. The van der Waals surface area contributed by atoms with Gasteiger partial charge in [-0.15, -0.1) is 0 Å². The highest BCUT2D eigenvalue weighted by Crippen LogP contribution is 2.29. The minimum Gasteiger partial charge on any atom is -0.376 e. The van der Waals surface area contributed by atoms with Crippen molar-refractivity contribution in [1.82, 2.24) is 4.98 Å². The van der Waals surface area contributed by atoms with E-state index in [1.54, 1.807) is 0 Å². The van der Waals surface area contributed by atoms with Gasteiger partial charge >= 0.3 is 0 Å². The van der Waals surface area contributed by atoms with Crippen molar-refractivity contribution in [3.05, 3.63) is 36.0 Å². The number of anilines is 1. The van der Waals surface area contributed by atoms with E-state index in [0.717, 1.165) is 51.1 Å². The minimum atomic E-state index is 0.318. The fourth-order valence-electron chi connectivity index (χ4n) is 4.03. The van der Waals surface area contributed by atoms with Crippen LogP contribution < -0.4 is 4.90 Å². The van der Waals surface area contributed by atoms with Crippen molar-refractivity contribution in [2.45, 2.75) is 51.2 Å². The molecule has 1 aromatic carbocycles. The van der Waals surface area contributed by atoms with E-state index in [1.165, 1.54) is 29.5 Å². The SMILES string of the molecule is Cc1cccc2c(N3CCC(OCC4CCCCO4)CC3)ccnc12. The van der Waals surface area contributed by atoms with Gasteiger partial charge in [-0.1, -0.05) is 18.2 Å². The molecule has 4 rings (SSSR count). The molecule has 0 radical (unpaired) electrons. The van der Waals surface area contributed by atoms with E-state index < -0.39 is 0 Å². The predicted octanol–water partition coefficient (Wildman–Crippen LogP) is 4.10. The van der Waals surface area contributed by atoms with E-state index in [4.69, 9.17) is 9.47 Å². The molecule has 0 aliphatic carbocycles. The molecule has 0 amide bonds. The molecule has 3 heterocycles. The number of hydrogen-bond donors (Lipinski definition) is 0. The lowest BCUT2D eigenvalue weighted by Gasteiger charge is -2.35. The Morgan fingerprint density at radius 3 is 2.84 bits per heavy atom. The fourth-order valence-corrected chi connectivity index (χ4v) is 4.03. The van der Waals surface area contributed by atoms with Crippen molar-refractivity contribution in [1.29, 1.82) is 0 Å². The Morgan fingerprint density at radius 1 is 1.16 bits per heavy atom. The van der Waals surface area contributed by atoms with Crippen LogP contribution in [0, 0.1) is 6.92 Å². The summed E-state index contributed by atoms with van der Waals surface area (Å²) < 4.78 is 11.9. The number of aromatic nitrogens is 1. The number of piperidine rings is 1. The number of benzene rings is 1. The van der Waals surface area contributed by atoms with Gasteiger partial charge in [0.25, 0.3) is 0 Å². The molecule has 2 saturated heterocycles. The topological polar surface area (TPSA) is 34.6 Å². The minimum absolute atomic E-state index is 0.318. The molecule has 2 aliphatic rings. The van der Waals surface area contributed by atoms with E-state index in [9.17, 15) is 0 Å². The van der Waals surface area contributed by atoms with E-state index in [2.05, 4.69) is 41.1 Å². The largest absolute Gasteiger partial charge is 0.376 e. The lowest BCUT2D eigenvalue weighted by atomic mass is 10.0.